The lowest BCUT2D eigenvalue weighted by Crippen LogP contribution is -2.46. The molecule has 0 radical (unpaired) electrons. The molecule has 3 saturated heterocycles. The molecule has 0 unspecified atom stereocenters. The third kappa shape index (κ3) is 11.8. The molecule has 5 aromatic carbocycles. The smallest absolute Gasteiger partial charge is 0.478 e. The van der Waals surface area contributed by atoms with Gasteiger partial charge in [-0.25, -0.2) is 13.2 Å². The minimum absolute atomic E-state index is 0.0194. The van der Waals surface area contributed by atoms with Crippen molar-refractivity contribution < 1.29 is 45.7 Å². The Hall–Kier alpha value is -5.46. The zero-order valence-electron chi connectivity index (χ0n) is 42.6. The summed E-state index contributed by atoms with van der Waals surface area (Å²) in [4.78, 5) is 19.6. The first-order valence-electron chi connectivity index (χ1n) is 25.6. The van der Waals surface area contributed by atoms with Crippen molar-refractivity contribution in [1.82, 2.24) is 9.47 Å². The van der Waals surface area contributed by atoms with Crippen molar-refractivity contribution >= 4 is 74.7 Å². The van der Waals surface area contributed by atoms with Gasteiger partial charge in [0.05, 0.1) is 35.0 Å². The number of halogens is 4. The Bertz CT molecular complexity index is 3170. The van der Waals surface area contributed by atoms with Crippen LogP contribution in [0.3, 0.4) is 0 Å². The Labute approximate surface area is 452 Å². The Kier molecular flexibility index (Phi) is 16.9. The van der Waals surface area contributed by atoms with Crippen molar-refractivity contribution in [2.45, 2.75) is 79.9 Å². The van der Waals surface area contributed by atoms with Crippen molar-refractivity contribution in [3.63, 3.8) is 0 Å². The van der Waals surface area contributed by atoms with E-state index in [1.807, 2.05) is 106 Å². The van der Waals surface area contributed by atoms with Crippen LogP contribution in [-0.2, 0) is 18.9 Å². The average molecular weight is 1120 g/mol. The van der Waals surface area contributed by atoms with Crippen molar-refractivity contribution in [3.8, 4) is 22.4 Å². The maximum atomic E-state index is 15.2. The minimum atomic E-state index is -5.95. The number of aromatic carboxylic acids is 1. The second-order valence-electron chi connectivity index (χ2n) is 19.8. The van der Waals surface area contributed by atoms with E-state index in [1.165, 1.54) is 28.6 Å². The summed E-state index contributed by atoms with van der Waals surface area (Å²) in [6.45, 7) is 10.8. The molecule has 0 amide bonds. The number of alkyl halides is 3. The summed E-state index contributed by atoms with van der Waals surface area (Å²) in [5.41, 5.74) is 0.491. The molecule has 1 aromatic heterocycles. The first-order chi connectivity index (χ1) is 36.3. The van der Waals surface area contributed by atoms with E-state index in [0.717, 1.165) is 39.2 Å². The summed E-state index contributed by atoms with van der Waals surface area (Å²) in [7, 11) is -10.1. The Morgan fingerprint density at radius 2 is 1.49 bits per heavy atom. The lowest BCUT2D eigenvalue weighted by molar-refractivity contribution is -0.0435. The standard InChI is InChI=1S/C56H63ClF3N6O7PS2/c1-38(2)66-39(3)52(55(68)69)53(54(66)40-13-15-42(57)16-14-40)41-9-7-10-46(35-41)64-32-30-63(31-33-64)44-17-19-45(20-18-44)65-26-8-34-73-74(65,70)48-21-22-50(51(36-48)76(71,72)56(58,59)60)61-43(37-75-49-11-5-4-6-12-49)23-27-62-28-24-47(67)25-29-62/h4-7,9-22,35-36,38,43,47,61,67H,8,23-34,37H2,1-3H3,(H,68,69)/t43-,74-/m1/s1. The van der Waals surface area contributed by atoms with Crippen LogP contribution >= 0.6 is 30.9 Å². The zero-order chi connectivity index (χ0) is 53.9. The fourth-order valence-electron chi connectivity index (χ4n) is 10.6. The van der Waals surface area contributed by atoms with Crippen molar-refractivity contribution in [2.75, 3.05) is 84.5 Å². The van der Waals surface area contributed by atoms with Crippen molar-refractivity contribution in [3.05, 3.63) is 138 Å². The minimum Gasteiger partial charge on any atom is -0.478 e. The molecule has 20 heteroatoms. The molecule has 13 nitrogen and oxygen atoms in total. The number of hydrogen-bond acceptors (Lipinski definition) is 11. The lowest BCUT2D eigenvalue weighted by Gasteiger charge is -2.39. The van der Waals surface area contributed by atoms with Gasteiger partial charge in [0.25, 0.3) is 9.84 Å². The Morgan fingerprint density at radius 3 is 2.13 bits per heavy atom. The fourth-order valence-corrected chi connectivity index (χ4v) is 15.1. The topological polar surface area (TPSA) is 148 Å². The van der Waals surface area contributed by atoms with E-state index in [9.17, 15) is 36.6 Å². The van der Waals surface area contributed by atoms with Gasteiger partial charge in [-0.2, -0.15) is 13.2 Å². The molecule has 9 rings (SSSR count). The number of carboxylic acid groups (broad SMARTS) is 1. The monoisotopic (exact) mass is 1120 g/mol. The second-order valence-corrected chi connectivity index (χ2v) is 25.5. The van der Waals surface area contributed by atoms with Crippen LogP contribution in [0.4, 0.5) is 35.9 Å². The van der Waals surface area contributed by atoms with Crippen LogP contribution in [0.2, 0.25) is 5.02 Å². The number of likely N-dealkylation sites (tertiary alicyclic amines) is 1. The number of nitrogens with one attached hydrogen (secondary N) is 1. The van der Waals surface area contributed by atoms with Crippen LogP contribution < -0.4 is 25.1 Å². The van der Waals surface area contributed by atoms with Crippen LogP contribution in [-0.4, -0.2) is 116 Å². The number of thioether (sulfide) groups is 1. The molecule has 0 bridgehead atoms. The summed E-state index contributed by atoms with van der Waals surface area (Å²) < 4.78 is 95.5. The third-order valence-electron chi connectivity index (χ3n) is 14.5. The molecule has 3 aliphatic rings. The SMILES string of the molecule is Cc1c(C(=O)O)c(-c2cccc(N3CCN(c4ccc(N5CCCO[P@]5(=O)c5ccc(N[C@H](CCN6CCC(O)CC6)CSc6ccccc6)c(S(=O)(=O)C(F)(F)F)c5)cc4)CC3)c2)c(-c2ccc(Cl)cc2)n1C(C)C. The van der Waals surface area contributed by atoms with Gasteiger partial charge in [0.1, 0.15) is 4.90 Å². The maximum absolute atomic E-state index is 15.2. The predicted molar refractivity (Wildman–Crippen MR) is 299 cm³/mol. The number of piperazine rings is 1. The highest BCUT2D eigenvalue weighted by molar-refractivity contribution is 7.99. The number of anilines is 4. The van der Waals surface area contributed by atoms with Gasteiger partial charge in [-0.3, -0.25) is 9.24 Å². The molecule has 404 valence electrons. The molecule has 0 saturated carbocycles. The second kappa shape index (κ2) is 23.2. The highest BCUT2D eigenvalue weighted by Gasteiger charge is 2.49. The molecular formula is C56H63ClF3N6O7PS2. The molecule has 2 atom stereocenters. The van der Waals surface area contributed by atoms with E-state index in [2.05, 4.69) is 30.6 Å². The molecule has 3 N–H and O–H groups in total. The van der Waals surface area contributed by atoms with Crippen LogP contribution in [0.25, 0.3) is 22.4 Å². The number of nitrogens with zero attached hydrogens (tertiary/aromatic N) is 5. The molecule has 0 spiro atoms. The van der Waals surface area contributed by atoms with Gasteiger partial charge >= 0.3 is 19.0 Å². The average Bonchev–Trinajstić information content (AvgIpc) is 3.84. The third-order valence-corrected chi connectivity index (χ3v) is 20.0. The van der Waals surface area contributed by atoms with Crippen LogP contribution in [0.1, 0.15) is 61.6 Å². The maximum Gasteiger partial charge on any atom is 0.501 e. The number of benzene rings is 5. The summed E-state index contributed by atoms with van der Waals surface area (Å²) in [6, 6.07) is 35.4. The molecule has 0 aliphatic carbocycles. The number of carbonyl (C=O) groups is 1. The van der Waals surface area contributed by atoms with Crippen LogP contribution in [0.15, 0.2) is 131 Å². The van der Waals surface area contributed by atoms with Gasteiger partial charge in [0, 0.05) is 108 Å². The van der Waals surface area contributed by atoms with E-state index >= 15 is 4.57 Å². The van der Waals surface area contributed by atoms with E-state index < -0.39 is 39.8 Å². The van der Waals surface area contributed by atoms with Crippen molar-refractivity contribution in [2.24, 2.45) is 0 Å². The number of sulfone groups is 1. The highest BCUT2D eigenvalue weighted by Crippen LogP contribution is 2.55. The summed E-state index contributed by atoms with van der Waals surface area (Å²) in [5, 5.41) is 24.2. The van der Waals surface area contributed by atoms with Gasteiger partial charge < -0.3 is 39.3 Å². The van der Waals surface area contributed by atoms with Crippen LogP contribution in [0, 0.1) is 6.92 Å². The number of rotatable bonds is 17. The number of aliphatic hydroxyl groups excluding tert-OH is 1. The van der Waals surface area contributed by atoms with E-state index in [-0.39, 0.29) is 41.9 Å². The van der Waals surface area contributed by atoms with E-state index in [0.29, 0.717) is 99.2 Å². The van der Waals surface area contributed by atoms with Crippen LogP contribution in [0.5, 0.6) is 0 Å². The first kappa shape index (κ1) is 55.3. The summed E-state index contributed by atoms with van der Waals surface area (Å²) in [5.74, 6) is -0.586. The quantitative estimate of drug-likeness (QED) is 0.0588. The van der Waals surface area contributed by atoms with Gasteiger partial charge in [-0.15, -0.1) is 11.8 Å². The van der Waals surface area contributed by atoms with E-state index in [4.69, 9.17) is 16.1 Å². The molecule has 3 aliphatic heterocycles. The largest absolute Gasteiger partial charge is 0.501 e. The lowest BCUT2D eigenvalue weighted by atomic mass is 9.96. The predicted octanol–water partition coefficient (Wildman–Crippen LogP) is 11.8. The molecule has 4 heterocycles. The number of aromatic nitrogens is 1. The first-order valence-corrected chi connectivity index (χ1v) is 30.0. The number of hydrogen-bond donors (Lipinski definition) is 3. The number of aliphatic hydroxyl groups is 1. The highest BCUT2D eigenvalue weighted by atomic mass is 35.5. The molecule has 76 heavy (non-hydrogen) atoms. The van der Waals surface area contributed by atoms with Gasteiger partial charge in [0.2, 0.25) is 0 Å². The Morgan fingerprint density at radius 1 is 0.829 bits per heavy atom. The van der Waals surface area contributed by atoms with Gasteiger partial charge in [-0.1, -0.05) is 54.1 Å². The molecular weight excluding hydrogens is 1060 g/mol. The summed E-state index contributed by atoms with van der Waals surface area (Å²) >= 11 is 7.78. The van der Waals surface area contributed by atoms with Gasteiger partial charge in [0.15, 0.2) is 0 Å². The number of piperidine rings is 1. The number of carboxylic acids is 1. The molecule has 6 aromatic rings. The van der Waals surface area contributed by atoms with Gasteiger partial charge in [-0.05, 0) is 136 Å². The zero-order valence-corrected chi connectivity index (χ0v) is 45.9. The summed E-state index contributed by atoms with van der Waals surface area (Å²) in [6.07, 6.45) is 1.83. The normalized spacial score (nSPS) is 18.6. The molecule has 3 fully saturated rings. The Balaban J connectivity index is 0.934. The van der Waals surface area contributed by atoms with E-state index in [1.54, 1.807) is 12.1 Å². The fraction of sp³-hybridized carbons (Fsp3) is 0.375. The van der Waals surface area contributed by atoms with Crippen molar-refractivity contribution in [1.29, 1.82) is 0 Å².